The fourth-order valence-corrected chi connectivity index (χ4v) is 1.08. The minimum atomic E-state index is -0.992. The van der Waals surface area contributed by atoms with Crippen molar-refractivity contribution in [3.05, 3.63) is 29.8 Å². The number of hydrogen-bond donors (Lipinski definition) is 2. The molecule has 0 aliphatic heterocycles. The average Bonchev–Trinajstić information content (AvgIpc) is 2.08. The molecule has 1 aromatic rings. The number of carbonyl (C=O) groups is 1. The van der Waals surface area contributed by atoms with Gasteiger partial charge in [0.2, 0.25) is 0 Å². The van der Waals surface area contributed by atoms with Crippen LogP contribution in [0.3, 0.4) is 0 Å². The zero-order valence-electron chi connectivity index (χ0n) is 9.40. The van der Waals surface area contributed by atoms with Gasteiger partial charge in [-0.3, -0.25) is 0 Å². The van der Waals surface area contributed by atoms with E-state index in [9.17, 15) is 13.6 Å². The molecule has 1 rings (SSSR count). The summed E-state index contributed by atoms with van der Waals surface area (Å²) in [5.41, 5.74) is -0.177. The van der Waals surface area contributed by atoms with Crippen LogP contribution in [0.5, 0.6) is 0 Å². The fraction of sp³-hybridized carbons (Fsp3) is 0.364. The van der Waals surface area contributed by atoms with Gasteiger partial charge in [0.15, 0.2) is 11.6 Å². The lowest BCUT2D eigenvalue weighted by Crippen LogP contribution is -2.43. The predicted octanol–water partition coefficient (Wildman–Crippen LogP) is 2.88. The van der Waals surface area contributed by atoms with Crippen molar-refractivity contribution in [3.63, 3.8) is 0 Å². The van der Waals surface area contributed by atoms with E-state index in [1.165, 1.54) is 6.07 Å². The van der Waals surface area contributed by atoms with Crippen LogP contribution >= 0.6 is 0 Å². The van der Waals surface area contributed by atoms with Crippen LogP contribution in [0.15, 0.2) is 18.2 Å². The standard InChI is InChI=1S/C11H14F2N2O/c1-11(2,3)15-10(16)14-7-4-5-8(12)9(13)6-7/h4-6H,1-3H3,(H2,14,15,16). The highest BCUT2D eigenvalue weighted by Gasteiger charge is 2.13. The molecular formula is C11H14F2N2O. The lowest BCUT2D eigenvalue weighted by molar-refractivity contribution is 0.244. The van der Waals surface area contributed by atoms with Gasteiger partial charge in [-0.25, -0.2) is 13.6 Å². The Morgan fingerprint density at radius 3 is 2.31 bits per heavy atom. The Balaban J connectivity index is 2.67. The second kappa shape index (κ2) is 4.47. The van der Waals surface area contributed by atoms with Crippen molar-refractivity contribution in [1.82, 2.24) is 5.32 Å². The molecule has 2 amide bonds. The lowest BCUT2D eigenvalue weighted by atomic mass is 10.1. The van der Waals surface area contributed by atoms with Crippen molar-refractivity contribution < 1.29 is 13.6 Å². The summed E-state index contributed by atoms with van der Waals surface area (Å²) in [5.74, 6) is -1.93. The number of hydrogen-bond acceptors (Lipinski definition) is 1. The molecule has 0 aliphatic rings. The summed E-state index contributed by atoms with van der Waals surface area (Å²) in [5, 5.41) is 5.05. The van der Waals surface area contributed by atoms with Crippen LogP contribution in [0, 0.1) is 11.6 Å². The van der Waals surface area contributed by atoms with Gasteiger partial charge >= 0.3 is 6.03 Å². The van der Waals surface area contributed by atoms with Crippen molar-refractivity contribution in [3.8, 4) is 0 Å². The lowest BCUT2D eigenvalue weighted by Gasteiger charge is -2.20. The molecule has 1 aromatic carbocycles. The van der Waals surface area contributed by atoms with Crippen molar-refractivity contribution in [1.29, 1.82) is 0 Å². The number of rotatable bonds is 1. The van der Waals surface area contributed by atoms with Gasteiger partial charge in [-0.2, -0.15) is 0 Å². The number of amides is 2. The topological polar surface area (TPSA) is 41.1 Å². The molecule has 0 unspecified atom stereocenters. The van der Waals surface area contributed by atoms with Gasteiger partial charge in [0.05, 0.1) is 0 Å². The molecule has 0 aromatic heterocycles. The maximum Gasteiger partial charge on any atom is 0.319 e. The van der Waals surface area contributed by atoms with Crippen molar-refractivity contribution >= 4 is 11.7 Å². The van der Waals surface area contributed by atoms with Crippen molar-refractivity contribution in [2.75, 3.05) is 5.32 Å². The number of halogens is 2. The highest BCUT2D eigenvalue weighted by Crippen LogP contribution is 2.13. The smallest absolute Gasteiger partial charge is 0.319 e. The third kappa shape index (κ3) is 3.84. The SMILES string of the molecule is CC(C)(C)NC(=O)Nc1ccc(F)c(F)c1. The Labute approximate surface area is 92.8 Å². The van der Waals surface area contributed by atoms with Gasteiger partial charge in [-0.1, -0.05) is 0 Å². The Morgan fingerprint density at radius 1 is 1.19 bits per heavy atom. The number of urea groups is 1. The second-order valence-corrected chi connectivity index (χ2v) is 4.46. The van der Waals surface area contributed by atoms with Gasteiger partial charge < -0.3 is 10.6 Å². The predicted molar refractivity (Wildman–Crippen MR) is 58.3 cm³/mol. The van der Waals surface area contributed by atoms with Crippen LogP contribution in [0.25, 0.3) is 0 Å². The van der Waals surface area contributed by atoms with E-state index in [2.05, 4.69) is 10.6 Å². The first-order chi connectivity index (χ1) is 7.28. The van der Waals surface area contributed by atoms with Gasteiger partial charge in [0.25, 0.3) is 0 Å². The maximum atomic E-state index is 12.8. The van der Waals surface area contributed by atoms with Gasteiger partial charge in [-0.15, -0.1) is 0 Å². The molecule has 0 saturated carbocycles. The molecule has 16 heavy (non-hydrogen) atoms. The molecule has 5 heteroatoms. The molecule has 0 heterocycles. The van der Waals surface area contributed by atoms with Gasteiger partial charge in [0, 0.05) is 17.3 Å². The zero-order chi connectivity index (χ0) is 12.3. The summed E-state index contributed by atoms with van der Waals surface area (Å²) < 4.78 is 25.4. The van der Waals surface area contributed by atoms with Crippen LogP contribution in [-0.4, -0.2) is 11.6 Å². The maximum absolute atomic E-state index is 12.8. The summed E-state index contributed by atoms with van der Waals surface area (Å²) in [4.78, 5) is 11.4. The van der Waals surface area contributed by atoms with E-state index in [0.29, 0.717) is 0 Å². The minimum Gasteiger partial charge on any atom is -0.333 e. The fourth-order valence-electron chi connectivity index (χ4n) is 1.08. The van der Waals surface area contributed by atoms with E-state index in [4.69, 9.17) is 0 Å². The Bertz CT molecular complexity index is 399. The molecule has 0 fully saturated rings. The average molecular weight is 228 g/mol. The zero-order valence-corrected chi connectivity index (χ0v) is 9.40. The molecule has 88 valence electrons. The Morgan fingerprint density at radius 2 is 1.81 bits per heavy atom. The monoisotopic (exact) mass is 228 g/mol. The Kier molecular flexibility index (Phi) is 3.47. The molecular weight excluding hydrogens is 214 g/mol. The van der Waals surface area contributed by atoms with Gasteiger partial charge in [0.1, 0.15) is 0 Å². The highest BCUT2D eigenvalue weighted by atomic mass is 19.2. The summed E-state index contributed by atoms with van der Waals surface area (Å²) in [6.07, 6.45) is 0. The van der Waals surface area contributed by atoms with Crippen LogP contribution in [-0.2, 0) is 0 Å². The first-order valence-electron chi connectivity index (χ1n) is 4.82. The quantitative estimate of drug-likeness (QED) is 0.762. The number of benzene rings is 1. The van der Waals surface area contributed by atoms with Crippen LogP contribution in [0.1, 0.15) is 20.8 Å². The molecule has 2 N–H and O–H groups in total. The molecule has 0 atom stereocenters. The summed E-state index contributed by atoms with van der Waals surface area (Å²) in [7, 11) is 0. The largest absolute Gasteiger partial charge is 0.333 e. The number of carbonyl (C=O) groups excluding carboxylic acids is 1. The minimum absolute atomic E-state index is 0.209. The van der Waals surface area contributed by atoms with E-state index in [0.717, 1.165) is 12.1 Å². The van der Waals surface area contributed by atoms with Crippen molar-refractivity contribution in [2.45, 2.75) is 26.3 Å². The summed E-state index contributed by atoms with van der Waals surface area (Å²) >= 11 is 0. The second-order valence-electron chi connectivity index (χ2n) is 4.46. The first-order valence-corrected chi connectivity index (χ1v) is 4.82. The molecule has 0 bridgehead atoms. The highest BCUT2D eigenvalue weighted by molar-refractivity contribution is 5.89. The van der Waals surface area contributed by atoms with Crippen LogP contribution < -0.4 is 10.6 Å². The van der Waals surface area contributed by atoms with Crippen LogP contribution in [0.2, 0.25) is 0 Å². The summed E-state index contributed by atoms with van der Waals surface area (Å²) in [6.45, 7) is 5.45. The molecule has 0 saturated heterocycles. The van der Waals surface area contributed by atoms with Crippen LogP contribution in [0.4, 0.5) is 19.3 Å². The van der Waals surface area contributed by atoms with E-state index >= 15 is 0 Å². The third-order valence-corrected chi connectivity index (χ3v) is 1.67. The van der Waals surface area contributed by atoms with Crippen molar-refractivity contribution in [2.24, 2.45) is 0 Å². The normalized spacial score (nSPS) is 11.1. The van der Waals surface area contributed by atoms with E-state index in [-0.39, 0.29) is 11.2 Å². The molecule has 3 nitrogen and oxygen atoms in total. The number of nitrogens with one attached hydrogen (secondary N) is 2. The molecule has 0 radical (unpaired) electrons. The first kappa shape index (κ1) is 12.4. The Hall–Kier alpha value is -1.65. The number of anilines is 1. The third-order valence-electron chi connectivity index (χ3n) is 1.67. The summed E-state index contributed by atoms with van der Waals surface area (Å²) in [6, 6.07) is 2.72. The molecule has 0 spiro atoms. The molecule has 0 aliphatic carbocycles. The van der Waals surface area contributed by atoms with Gasteiger partial charge in [-0.05, 0) is 32.9 Å². The van der Waals surface area contributed by atoms with E-state index < -0.39 is 17.7 Å². The van der Waals surface area contributed by atoms with E-state index in [1.54, 1.807) is 0 Å². The van der Waals surface area contributed by atoms with E-state index in [1.807, 2.05) is 20.8 Å².